The summed E-state index contributed by atoms with van der Waals surface area (Å²) in [6.45, 7) is 9.38. The van der Waals surface area contributed by atoms with Gasteiger partial charge in [0.05, 0.1) is 17.8 Å². The topological polar surface area (TPSA) is 86.3 Å². The number of likely N-dealkylation sites (tertiary alicyclic amines) is 2. The Bertz CT molecular complexity index is 1080. The molecule has 2 aromatic rings. The van der Waals surface area contributed by atoms with Crippen LogP contribution in [-0.2, 0) is 15.9 Å². The van der Waals surface area contributed by atoms with Crippen molar-refractivity contribution < 1.29 is 28.1 Å². The molecule has 2 aliphatic heterocycles. The van der Waals surface area contributed by atoms with Crippen molar-refractivity contribution in [1.29, 1.82) is 0 Å². The SMILES string of the molecule is CO[C@H]1CCCN(CCc2ccc(Oc3ncnc(OC4CCN(C(=O)OC(C)C)CC4)c3C)c(F)c2)C1. The maximum Gasteiger partial charge on any atom is 0.410 e. The molecule has 2 fully saturated rings. The minimum Gasteiger partial charge on any atom is -0.474 e. The minimum absolute atomic E-state index is 0.102. The molecular formula is C28H39FN4O5. The molecule has 0 spiro atoms. The fourth-order valence-electron chi connectivity index (χ4n) is 4.81. The van der Waals surface area contributed by atoms with Gasteiger partial charge in [0.15, 0.2) is 11.6 Å². The molecule has 10 heteroatoms. The van der Waals surface area contributed by atoms with E-state index in [9.17, 15) is 9.18 Å². The van der Waals surface area contributed by atoms with E-state index in [0.717, 1.165) is 44.5 Å². The fraction of sp³-hybridized carbons (Fsp3) is 0.607. The van der Waals surface area contributed by atoms with E-state index in [1.165, 1.54) is 12.4 Å². The van der Waals surface area contributed by atoms with Crippen molar-refractivity contribution in [3.8, 4) is 17.5 Å². The standard InChI is InChI=1S/C28H39FN4O5/c1-19(2)36-28(34)33-14-10-22(11-15-33)37-26-20(3)27(31-18-30-26)38-25-8-7-21(16-24(25)29)9-13-32-12-5-6-23(17-32)35-4/h7-8,16,18-19,22-23H,5-6,9-15,17H2,1-4H3/t23-/m0/s1. The molecule has 2 aliphatic rings. The lowest BCUT2D eigenvalue weighted by Crippen LogP contribution is -2.42. The van der Waals surface area contributed by atoms with Gasteiger partial charge >= 0.3 is 6.09 Å². The number of carbonyl (C=O) groups excluding carboxylic acids is 1. The van der Waals surface area contributed by atoms with Crippen molar-refractivity contribution in [2.24, 2.45) is 0 Å². The summed E-state index contributed by atoms with van der Waals surface area (Å²) in [4.78, 5) is 24.6. The van der Waals surface area contributed by atoms with Gasteiger partial charge < -0.3 is 28.7 Å². The number of carbonyl (C=O) groups is 1. The molecule has 9 nitrogen and oxygen atoms in total. The lowest BCUT2D eigenvalue weighted by atomic mass is 10.1. The number of hydrogen-bond donors (Lipinski definition) is 0. The van der Waals surface area contributed by atoms with Crippen LogP contribution in [0.2, 0.25) is 0 Å². The molecule has 38 heavy (non-hydrogen) atoms. The first-order valence-corrected chi connectivity index (χ1v) is 13.5. The van der Waals surface area contributed by atoms with Crippen LogP contribution < -0.4 is 9.47 Å². The Morgan fingerprint density at radius 3 is 2.58 bits per heavy atom. The van der Waals surface area contributed by atoms with E-state index in [1.54, 1.807) is 25.0 Å². The van der Waals surface area contributed by atoms with Crippen LogP contribution in [0.1, 0.15) is 50.7 Å². The third kappa shape index (κ3) is 7.54. The van der Waals surface area contributed by atoms with E-state index in [-0.39, 0.29) is 36.0 Å². The van der Waals surface area contributed by atoms with E-state index in [1.807, 2.05) is 19.9 Å². The molecule has 0 radical (unpaired) electrons. The van der Waals surface area contributed by atoms with Crippen LogP contribution in [0.25, 0.3) is 0 Å². The molecule has 0 aliphatic carbocycles. The largest absolute Gasteiger partial charge is 0.474 e. The zero-order valence-corrected chi connectivity index (χ0v) is 22.8. The number of benzene rings is 1. The fourth-order valence-corrected chi connectivity index (χ4v) is 4.81. The summed E-state index contributed by atoms with van der Waals surface area (Å²) in [5.74, 6) is 0.317. The number of aromatic nitrogens is 2. The molecule has 0 bridgehead atoms. The predicted octanol–water partition coefficient (Wildman–Crippen LogP) is 4.76. The monoisotopic (exact) mass is 530 g/mol. The van der Waals surface area contributed by atoms with Crippen molar-refractivity contribution >= 4 is 6.09 Å². The lowest BCUT2D eigenvalue weighted by Gasteiger charge is -2.32. The zero-order chi connectivity index (χ0) is 27.1. The molecule has 208 valence electrons. The molecule has 0 unspecified atom stereocenters. The highest BCUT2D eigenvalue weighted by molar-refractivity contribution is 5.67. The average Bonchev–Trinajstić information content (AvgIpc) is 2.91. The Labute approximate surface area is 224 Å². The number of methoxy groups -OCH3 is 1. The van der Waals surface area contributed by atoms with E-state index in [2.05, 4.69) is 14.9 Å². The van der Waals surface area contributed by atoms with E-state index in [4.69, 9.17) is 18.9 Å². The van der Waals surface area contributed by atoms with Crippen LogP contribution in [0.5, 0.6) is 17.5 Å². The van der Waals surface area contributed by atoms with Crippen LogP contribution in [0.15, 0.2) is 24.5 Å². The molecule has 1 aromatic carbocycles. The quantitative estimate of drug-likeness (QED) is 0.459. The molecule has 3 heterocycles. The Kier molecular flexibility index (Phi) is 9.74. The molecular weight excluding hydrogens is 491 g/mol. The number of piperidine rings is 2. The third-order valence-corrected chi connectivity index (χ3v) is 7.02. The number of rotatable bonds is 9. The second-order valence-electron chi connectivity index (χ2n) is 10.3. The van der Waals surface area contributed by atoms with Crippen LogP contribution in [0, 0.1) is 12.7 Å². The summed E-state index contributed by atoms with van der Waals surface area (Å²) in [5.41, 5.74) is 1.51. The minimum atomic E-state index is -0.433. The smallest absolute Gasteiger partial charge is 0.410 e. The van der Waals surface area contributed by atoms with Crippen molar-refractivity contribution in [3.05, 3.63) is 41.5 Å². The molecule has 0 N–H and O–H groups in total. The summed E-state index contributed by atoms with van der Waals surface area (Å²) in [6.07, 6.45) is 5.37. The lowest BCUT2D eigenvalue weighted by molar-refractivity contribution is 0.0318. The van der Waals surface area contributed by atoms with Gasteiger partial charge in [-0.1, -0.05) is 6.07 Å². The molecule has 1 atom stereocenters. The van der Waals surface area contributed by atoms with Gasteiger partial charge in [0.1, 0.15) is 12.4 Å². The Hall–Kier alpha value is -2.98. The molecule has 4 rings (SSSR count). The maximum absolute atomic E-state index is 14.9. The second kappa shape index (κ2) is 13.2. The molecule has 2 saturated heterocycles. The summed E-state index contributed by atoms with van der Waals surface area (Å²) < 4.78 is 37.6. The summed E-state index contributed by atoms with van der Waals surface area (Å²) >= 11 is 0. The molecule has 0 saturated carbocycles. The van der Waals surface area contributed by atoms with Crippen molar-refractivity contribution in [3.63, 3.8) is 0 Å². The Morgan fingerprint density at radius 1 is 1.11 bits per heavy atom. The van der Waals surface area contributed by atoms with Crippen molar-refractivity contribution in [2.75, 3.05) is 39.8 Å². The number of amides is 1. The van der Waals surface area contributed by atoms with E-state index in [0.29, 0.717) is 37.4 Å². The van der Waals surface area contributed by atoms with Crippen molar-refractivity contribution in [1.82, 2.24) is 19.8 Å². The van der Waals surface area contributed by atoms with E-state index >= 15 is 0 Å². The number of hydrogen-bond acceptors (Lipinski definition) is 8. The number of ether oxygens (including phenoxy) is 4. The highest BCUT2D eigenvalue weighted by Gasteiger charge is 2.26. The third-order valence-electron chi connectivity index (χ3n) is 7.02. The summed E-state index contributed by atoms with van der Waals surface area (Å²) in [7, 11) is 1.76. The highest BCUT2D eigenvalue weighted by Crippen LogP contribution is 2.31. The van der Waals surface area contributed by atoms with Gasteiger partial charge in [-0.2, -0.15) is 0 Å². The van der Waals surface area contributed by atoms with Gasteiger partial charge in [0, 0.05) is 46.1 Å². The predicted molar refractivity (Wildman–Crippen MR) is 140 cm³/mol. The number of nitrogens with zero attached hydrogens (tertiary/aromatic N) is 4. The van der Waals surface area contributed by atoms with Gasteiger partial charge in [0.2, 0.25) is 11.8 Å². The molecule has 1 amide bonds. The van der Waals surface area contributed by atoms with E-state index < -0.39 is 5.82 Å². The maximum atomic E-state index is 14.9. The van der Waals surface area contributed by atoms with Crippen LogP contribution >= 0.6 is 0 Å². The highest BCUT2D eigenvalue weighted by atomic mass is 19.1. The van der Waals surface area contributed by atoms with Crippen LogP contribution in [-0.4, -0.2) is 84.0 Å². The average molecular weight is 531 g/mol. The van der Waals surface area contributed by atoms with Crippen LogP contribution in [0.4, 0.5) is 9.18 Å². The first kappa shape index (κ1) is 28.0. The number of halogens is 1. The molecule has 1 aromatic heterocycles. The second-order valence-corrected chi connectivity index (χ2v) is 10.3. The zero-order valence-electron chi connectivity index (χ0n) is 22.8. The van der Waals surface area contributed by atoms with Gasteiger partial charge in [0.25, 0.3) is 0 Å². The van der Waals surface area contributed by atoms with Gasteiger partial charge in [-0.15, -0.1) is 0 Å². The summed E-state index contributed by atoms with van der Waals surface area (Å²) in [6, 6.07) is 5.06. The first-order valence-electron chi connectivity index (χ1n) is 13.5. The van der Waals surface area contributed by atoms with Gasteiger partial charge in [-0.25, -0.2) is 19.2 Å². The van der Waals surface area contributed by atoms with Gasteiger partial charge in [-0.05, 0) is 64.3 Å². The Balaban J connectivity index is 1.31. The van der Waals surface area contributed by atoms with Crippen molar-refractivity contribution in [2.45, 2.75) is 71.2 Å². The normalized spacial score (nSPS) is 19.0. The van der Waals surface area contributed by atoms with Crippen LogP contribution in [0.3, 0.4) is 0 Å². The first-order chi connectivity index (χ1) is 18.3. The Morgan fingerprint density at radius 2 is 1.87 bits per heavy atom. The summed E-state index contributed by atoms with van der Waals surface area (Å²) in [5, 5.41) is 0. The van der Waals surface area contributed by atoms with Gasteiger partial charge in [-0.3, -0.25) is 0 Å².